The maximum absolute atomic E-state index is 12.1. The number of esters is 1. The third-order valence-electron chi connectivity index (χ3n) is 4.83. The predicted octanol–water partition coefficient (Wildman–Crippen LogP) is 1.83. The normalized spacial score (nSPS) is 32.0. The first kappa shape index (κ1) is 13.6. The highest BCUT2D eigenvalue weighted by Crippen LogP contribution is 2.25. The Bertz CT molecular complexity index is 445. The summed E-state index contributed by atoms with van der Waals surface area (Å²) in [4.78, 5) is 13.9. The lowest BCUT2D eigenvalue weighted by atomic mass is 9.99. The lowest BCUT2D eigenvalue weighted by Crippen LogP contribution is -3.18. The molecule has 3 nitrogen and oxygen atoms in total. The molecule has 4 atom stereocenters. The molecule has 1 aromatic rings. The van der Waals surface area contributed by atoms with Crippen LogP contribution >= 0.6 is 0 Å². The van der Waals surface area contributed by atoms with Gasteiger partial charge in [0.05, 0.1) is 24.2 Å². The van der Waals surface area contributed by atoms with Crippen LogP contribution in [0.5, 0.6) is 0 Å². The Kier molecular flexibility index (Phi) is 4.06. The van der Waals surface area contributed by atoms with Crippen molar-refractivity contribution in [1.82, 2.24) is 0 Å². The summed E-state index contributed by atoms with van der Waals surface area (Å²) >= 11 is 0. The molecule has 2 bridgehead atoms. The van der Waals surface area contributed by atoms with E-state index in [2.05, 4.69) is 6.92 Å². The molecule has 2 aliphatic rings. The number of carbonyl (C=O) groups excluding carboxylic acids is 1. The van der Waals surface area contributed by atoms with E-state index in [0.29, 0.717) is 17.6 Å². The van der Waals surface area contributed by atoms with E-state index < -0.39 is 0 Å². The van der Waals surface area contributed by atoms with Crippen LogP contribution in [-0.2, 0) is 4.74 Å². The van der Waals surface area contributed by atoms with Crippen LogP contribution in [0.15, 0.2) is 30.3 Å². The largest absolute Gasteiger partial charge is 0.458 e. The quantitative estimate of drug-likeness (QED) is 0.849. The summed E-state index contributed by atoms with van der Waals surface area (Å²) in [7, 11) is 0. The van der Waals surface area contributed by atoms with Gasteiger partial charge in [0.1, 0.15) is 6.10 Å². The monoisotopic (exact) mass is 274 g/mol. The highest BCUT2D eigenvalue weighted by atomic mass is 16.5. The fourth-order valence-corrected chi connectivity index (χ4v) is 3.96. The molecule has 0 spiro atoms. The van der Waals surface area contributed by atoms with Gasteiger partial charge in [-0.2, -0.15) is 0 Å². The van der Waals surface area contributed by atoms with Crippen molar-refractivity contribution in [2.45, 2.75) is 57.2 Å². The number of carbonyl (C=O) groups is 1. The minimum absolute atomic E-state index is 0.126. The van der Waals surface area contributed by atoms with Crippen LogP contribution in [0.1, 0.15) is 49.4 Å². The SMILES string of the molecule is CCC[NH+]1[C@@H]2CC[C@H]1CC(OC(=O)c1ccccc1)C2. The van der Waals surface area contributed by atoms with Crippen molar-refractivity contribution < 1.29 is 14.4 Å². The Balaban J connectivity index is 1.60. The van der Waals surface area contributed by atoms with E-state index in [1.54, 1.807) is 4.90 Å². The van der Waals surface area contributed by atoms with E-state index in [1.807, 2.05) is 30.3 Å². The number of hydrogen-bond acceptors (Lipinski definition) is 2. The second-order valence-electron chi connectivity index (χ2n) is 6.16. The molecule has 0 amide bonds. The van der Waals surface area contributed by atoms with Crippen LogP contribution in [0.3, 0.4) is 0 Å². The van der Waals surface area contributed by atoms with Gasteiger partial charge in [0, 0.05) is 25.7 Å². The molecule has 3 heteroatoms. The summed E-state index contributed by atoms with van der Waals surface area (Å²) in [5.41, 5.74) is 0.670. The molecule has 2 unspecified atom stereocenters. The van der Waals surface area contributed by atoms with Gasteiger partial charge in [-0.25, -0.2) is 4.79 Å². The predicted molar refractivity (Wildman–Crippen MR) is 77.8 cm³/mol. The highest BCUT2D eigenvalue weighted by Gasteiger charge is 2.45. The van der Waals surface area contributed by atoms with Crippen molar-refractivity contribution in [3.05, 3.63) is 35.9 Å². The lowest BCUT2D eigenvalue weighted by Gasteiger charge is -2.35. The number of ether oxygens (including phenoxy) is 1. The molecular weight excluding hydrogens is 250 g/mol. The average Bonchev–Trinajstić information content (AvgIpc) is 2.71. The van der Waals surface area contributed by atoms with Crippen LogP contribution in [0.4, 0.5) is 0 Å². The Morgan fingerprint density at radius 2 is 1.85 bits per heavy atom. The molecular formula is C17H24NO2+. The van der Waals surface area contributed by atoms with Gasteiger partial charge in [0.15, 0.2) is 0 Å². The summed E-state index contributed by atoms with van der Waals surface area (Å²) in [5.74, 6) is -0.158. The molecule has 108 valence electrons. The highest BCUT2D eigenvalue weighted by molar-refractivity contribution is 5.89. The maximum Gasteiger partial charge on any atom is 0.338 e. The van der Waals surface area contributed by atoms with Crippen LogP contribution in [-0.4, -0.2) is 30.7 Å². The number of rotatable bonds is 4. The zero-order chi connectivity index (χ0) is 13.9. The Morgan fingerprint density at radius 1 is 1.20 bits per heavy atom. The molecule has 0 aliphatic carbocycles. The summed E-state index contributed by atoms with van der Waals surface area (Å²) in [6.45, 7) is 3.53. The van der Waals surface area contributed by atoms with E-state index in [-0.39, 0.29) is 12.1 Å². The number of piperidine rings is 1. The number of nitrogens with one attached hydrogen (secondary N) is 1. The van der Waals surface area contributed by atoms with Gasteiger partial charge in [0.25, 0.3) is 0 Å². The summed E-state index contributed by atoms with van der Waals surface area (Å²) in [6.07, 6.45) is 6.07. The molecule has 2 saturated heterocycles. The van der Waals surface area contributed by atoms with Crippen LogP contribution in [0.2, 0.25) is 0 Å². The van der Waals surface area contributed by atoms with Crippen LogP contribution in [0, 0.1) is 0 Å². The zero-order valence-electron chi connectivity index (χ0n) is 12.2. The number of quaternary nitrogens is 1. The van der Waals surface area contributed by atoms with Gasteiger partial charge < -0.3 is 9.64 Å². The first-order valence-corrected chi connectivity index (χ1v) is 7.89. The van der Waals surface area contributed by atoms with E-state index in [4.69, 9.17) is 4.74 Å². The smallest absolute Gasteiger partial charge is 0.338 e. The number of benzene rings is 1. The summed E-state index contributed by atoms with van der Waals surface area (Å²) < 4.78 is 5.73. The third-order valence-corrected chi connectivity index (χ3v) is 4.83. The molecule has 0 saturated carbocycles. The molecule has 20 heavy (non-hydrogen) atoms. The molecule has 2 fully saturated rings. The van der Waals surface area contributed by atoms with Crippen molar-refractivity contribution >= 4 is 5.97 Å². The topological polar surface area (TPSA) is 30.7 Å². The molecule has 3 rings (SSSR count). The van der Waals surface area contributed by atoms with E-state index in [9.17, 15) is 4.79 Å². The first-order valence-electron chi connectivity index (χ1n) is 7.89. The van der Waals surface area contributed by atoms with Crippen molar-refractivity contribution in [3.8, 4) is 0 Å². The van der Waals surface area contributed by atoms with Crippen molar-refractivity contribution in [2.75, 3.05) is 6.54 Å². The third kappa shape index (κ3) is 2.73. The van der Waals surface area contributed by atoms with E-state index >= 15 is 0 Å². The standard InChI is InChI=1S/C17H23NO2/c1-2-10-18-14-8-9-15(18)12-16(11-14)20-17(19)13-6-4-3-5-7-13/h3-7,14-16H,2,8-12H2,1H3/p+1/t14-,15+,16?. The minimum Gasteiger partial charge on any atom is -0.458 e. The first-order chi connectivity index (χ1) is 9.78. The van der Waals surface area contributed by atoms with Gasteiger partial charge >= 0.3 is 5.97 Å². The molecule has 0 radical (unpaired) electrons. The average molecular weight is 274 g/mol. The number of hydrogen-bond donors (Lipinski definition) is 1. The fourth-order valence-electron chi connectivity index (χ4n) is 3.96. The van der Waals surface area contributed by atoms with Crippen molar-refractivity contribution in [3.63, 3.8) is 0 Å². The van der Waals surface area contributed by atoms with Gasteiger partial charge in [-0.15, -0.1) is 0 Å². The van der Waals surface area contributed by atoms with Crippen LogP contribution in [0.25, 0.3) is 0 Å². The van der Waals surface area contributed by atoms with Gasteiger partial charge in [0.2, 0.25) is 0 Å². The Morgan fingerprint density at radius 3 is 2.45 bits per heavy atom. The van der Waals surface area contributed by atoms with Crippen LogP contribution < -0.4 is 4.90 Å². The minimum atomic E-state index is -0.158. The van der Waals surface area contributed by atoms with Crippen molar-refractivity contribution in [2.24, 2.45) is 0 Å². The second-order valence-corrected chi connectivity index (χ2v) is 6.16. The van der Waals surface area contributed by atoms with Gasteiger partial charge in [-0.3, -0.25) is 0 Å². The zero-order valence-corrected chi connectivity index (χ0v) is 12.2. The van der Waals surface area contributed by atoms with Gasteiger partial charge in [-0.1, -0.05) is 25.1 Å². The molecule has 2 aliphatic heterocycles. The lowest BCUT2D eigenvalue weighted by molar-refractivity contribution is -0.942. The molecule has 0 aromatic heterocycles. The van der Waals surface area contributed by atoms with Gasteiger partial charge in [-0.05, 0) is 18.6 Å². The molecule has 1 N–H and O–H groups in total. The van der Waals surface area contributed by atoms with Crippen molar-refractivity contribution in [1.29, 1.82) is 0 Å². The summed E-state index contributed by atoms with van der Waals surface area (Å²) in [5, 5.41) is 0. The maximum atomic E-state index is 12.1. The molecule has 2 heterocycles. The second kappa shape index (κ2) is 5.96. The van der Waals surface area contributed by atoms with E-state index in [0.717, 1.165) is 12.8 Å². The Hall–Kier alpha value is -1.35. The van der Waals surface area contributed by atoms with E-state index in [1.165, 1.54) is 25.8 Å². The fraction of sp³-hybridized carbons (Fsp3) is 0.588. The molecule has 1 aromatic carbocycles. The Labute approximate surface area is 120 Å². The summed E-state index contributed by atoms with van der Waals surface area (Å²) in [6, 6.07) is 10.8. The number of fused-ring (bicyclic) bond motifs is 2.